The van der Waals surface area contributed by atoms with Crippen molar-refractivity contribution in [3.8, 4) is 0 Å². The number of halogens is 4. The molecule has 0 radical (unpaired) electrons. The monoisotopic (exact) mass is 386 g/mol. The lowest BCUT2D eigenvalue weighted by Gasteiger charge is -2.28. The molecule has 1 aliphatic carbocycles. The Balaban J connectivity index is 1.87. The van der Waals surface area contributed by atoms with Crippen LogP contribution < -0.4 is 0 Å². The Morgan fingerprint density at radius 1 is 1.19 bits per heavy atom. The standard InChI is InChI=1S/C17H14BrCl2F/c18-14-9-16(21)13(8-15(14)19)17(20)12-6-5-10-3-1-2-4-11(10)7-12/h1-4,8-9,12,17H,5-7H2. The molecule has 0 nitrogen and oxygen atoms in total. The van der Waals surface area contributed by atoms with Gasteiger partial charge >= 0.3 is 0 Å². The summed E-state index contributed by atoms with van der Waals surface area (Å²) < 4.78 is 14.7. The molecule has 110 valence electrons. The molecule has 0 N–H and O–H groups in total. The molecule has 0 heterocycles. The Hall–Kier alpha value is -0.570. The molecule has 2 unspecified atom stereocenters. The molecule has 0 aliphatic heterocycles. The van der Waals surface area contributed by atoms with E-state index in [2.05, 4.69) is 34.1 Å². The zero-order valence-corrected chi connectivity index (χ0v) is 14.3. The number of rotatable bonds is 2. The predicted octanol–water partition coefficient (Wildman–Crippen LogP) is 6.33. The van der Waals surface area contributed by atoms with Crippen LogP contribution in [0.3, 0.4) is 0 Å². The number of aryl methyl sites for hydroxylation is 1. The number of alkyl halides is 1. The number of hydrogen-bond acceptors (Lipinski definition) is 0. The molecule has 1 aliphatic rings. The highest BCUT2D eigenvalue weighted by Crippen LogP contribution is 2.40. The van der Waals surface area contributed by atoms with Crippen LogP contribution in [0.4, 0.5) is 4.39 Å². The average molecular weight is 388 g/mol. The van der Waals surface area contributed by atoms with Crippen LogP contribution in [-0.4, -0.2) is 0 Å². The lowest BCUT2D eigenvalue weighted by atomic mass is 9.80. The molecule has 4 heteroatoms. The molecular weight excluding hydrogens is 374 g/mol. The third-order valence-electron chi connectivity index (χ3n) is 4.14. The van der Waals surface area contributed by atoms with Gasteiger partial charge in [-0.05, 0) is 64.4 Å². The van der Waals surface area contributed by atoms with E-state index in [1.165, 1.54) is 17.2 Å². The van der Waals surface area contributed by atoms with Crippen LogP contribution in [0.25, 0.3) is 0 Å². The van der Waals surface area contributed by atoms with Crippen molar-refractivity contribution in [3.05, 3.63) is 68.4 Å². The number of benzene rings is 2. The molecule has 0 bridgehead atoms. The van der Waals surface area contributed by atoms with Crippen molar-refractivity contribution < 1.29 is 4.39 Å². The van der Waals surface area contributed by atoms with Gasteiger partial charge in [0.05, 0.1) is 10.4 Å². The lowest BCUT2D eigenvalue weighted by molar-refractivity contribution is 0.434. The van der Waals surface area contributed by atoms with E-state index in [1.54, 1.807) is 6.07 Å². The summed E-state index contributed by atoms with van der Waals surface area (Å²) in [5, 5.41) is 0.136. The summed E-state index contributed by atoms with van der Waals surface area (Å²) in [5.74, 6) is -0.0709. The predicted molar refractivity (Wildman–Crippen MR) is 89.7 cm³/mol. The van der Waals surface area contributed by atoms with Gasteiger partial charge in [-0.25, -0.2) is 4.39 Å². The van der Waals surface area contributed by atoms with Crippen molar-refractivity contribution in [2.45, 2.75) is 24.6 Å². The maximum atomic E-state index is 14.2. The van der Waals surface area contributed by atoms with Crippen molar-refractivity contribution in [1.82, 2.24) is 0 Å². The van der Waals surface area contributed by atoms with E-state index in [0.717, 1.165) is 19.3 Å². The van der Waals surface area contributed by atoms with Gasteiger partial charge in [0.15, 0.2) is 0 Å². The highest BCUT2D eigenvalue weighted by atomic mass is 79.9. The molecule has 0 amide bonds. The smallest absolute Gasteiger partial charge is 0.129 e. The van der Waals surface area contributed by atoms with Gasteiger partial charge in [-0.3, -0.25) is 0 Å². The van der Waals surface area contributed by atoms with Crippen molar-refractivity contribution in [1.29, 1.82) is 0 Å². The van der Waals surface area contributed by atoms with E-state index in [1.807, 2.05) is 6.07 Å². The number of fused-ring (bicyclic) bond motifs is 1. The van der Waals surface area contributed by atoms with Crippen molar-refractivity contribution >= 4 is 39.1 Å². The van der Waals surface area contributed by atoms with Crippen LogP contribution in [0.2, 0.25) is 5.02 Å². The maximum absolute atomic E-state index is 14.2. The van der Waals surface area contributed by atoms with E-state index in [-0.39, 0.29) is 17.1 Å². The zero-order valence-electron chi connectivity index (χ0n) is 11.3. The van der Waals surface area contributed by atoms with E-state index >= 15 is 0 Å². The second kappa shape index (κ2) is 6.28. The van der Waals surface area contributed by atoms with Crippen LogP contribution >= 0.6 is 39.1 Å². The van der Waals surface area contributed by atoms with Gasteiger partial charge in [-0.2, -0.15) is 0 Å². The summed E-state index contributed by atoms with van der Waals surface area (Å²) in [4.78, 5) is 0. The topological polar surface area (TPSA) is 0 Å². The molecular formula is C17H14BrCl2F. The van der Waals surface area contributed by atoms with Gasteiger partial charge in [-0.1, -0.05) is 35.9 Å². The van der Waals surface area contributed by atoms with Gasteiger partial charge < -0.3 is 0 Å². The van der Waals surface area contributed by atoms with Crippen LogP contribution in [0.1, 0.15) is 28.5 Å². The fourth-order valence-corrected chi connectivity index (χ4v) is 3.85. The first-order chi connectivity index (χ1) is 10.1. The average Bonchev–Trinajstić information content (AvgIpc) is 2.50. The SMILES string of the molecule is Fc1cc(Br)c(Cl)cc1C(Cl)C1CCc2ccccc2C1. The van der Waals surface area contributed by atoms with Crippen molar-refractivity contribution in [3.63, 3.8) is 0 Å². The summed E-state index contributed by atoms with van der Waals surface area (Å²) in [5.41, 5.74) is 3.20. The van der Waals surface area contributed by atoms with Gasteiger partial charge in [0.1, 0.15) is 5.82 Å². The highest BCUT2D eigenvalue weighted by molar-refractivity contribution is 9.10. The van der Waals surface area contributed by atoms with Crippen molar-refractivity contribution in [2.24, 2.45) is 5.92 Å². The molecule has 0 saturated carbocycles. The van der Waals surface area contributed by atoms with E-state index in [9.17, 15) is 4.39 Å². The fraction of sp³-hybridized carbons (Fsp3) is 0.294. The Morgan fingerprint density at radius 3 is 2.67 bits per heavy atom. The van der Waals surface area contributed by atoms with Gasteiger partial charge in [0.25, 0.3) is 0 Å². The third kappa shape index (κ3) is 3.13. The molecule has 0 spiro atoms. The summed E-state index contributed by atoms with van der Waals surface area (Å²) in [6, 6.07) is 11.4. The summed E-state index contributed by atoms with van der Waals surface area (Å²) in [7, 11) is 0. The Kier molecular flexibility index (Phi) is 4.58. The summed E-state index contributed by atoms with van der Waals surface area (Å²) >= 11 is 15.9. The highest BCUT2D eigenvalue weighted by Gasteiger charge is 2.28. The first kappa shape index (κ1) is 15.3. The fourth-order valence-electron chi connectivity index (χ4n) is 2.98. The zero-order chi connectivity index (χ0) is 15.0. The first-order valence-electron chi connectivity index (χ1n) is 6.91. The minimum atomic E-state index is -0.357. The second-order valence-electron chi connectivity index (χ2n) is 5.46. The summed E-state index contributed by atoms with van der Waals surface area (Å²) in [6.45, 7) is 0. The Bertz CT molecular complexity index is 672. The normalized spacial score (nSPS) is 19.1. The Labute approximate surface area is 142 Å². The molecule has 2 aromatic rings. The molecule has 0 saturated heterocycles. The molecule has 2 atom stereocenters. The minimum Gasteiger partial charge on any atom is -0.207 e. The van der Waals surface area contributed by atoms with Gasteiger partial charge in [0.2, 0.25) is 0 Å². The number of hydrogen-bond donors (Lipinski definition) is 0. The molecule has 0 aromatic heterocycles. The first-order valence-corrected chi connectivity index (χ1v) is 8.52. The third-order valence-corrected chi connectivity index (χ3v) is 5.92. The van der Waals surface area contributed by atoms with Crippen LogP contribution in [0.5, 0.6) is 0 Å². The van der Waals surface area contributed by atoms with Gasteiger partial charge in [-0.15, -0.1) is 11.6 Å². The summed E-state index contributed by atoms with van der Waals surface area (Å²) in [6.07, 6.45) is 2.85. The second-order valence-corrected chi connectivity index (χ2v) is 7.19. The molecule has 21 heavy (non-hydrogen) atoms. The van der Waals surface area contributed by atoms with Crippen LogP contribution in [0, 0.1) is 11.7 Å². The van der Waals surface area contributed by atoms with Gasteiger partial charge in [0, 0.05) is 10.0 Å². The van der Waals surface area contributed by atoms with Crippen LogP contribution in [0.15, 0.2) is 40.9 Å². The van der Waals surface area contributed by atoms with E-state index in [4.69, 9.17) is 23.2 Å². The van der Waals surface area contributed by atoms with E-state index in [0.29, 0.717) is 15.1 Å². The van der Waals surface area contributed by atoms with Crippen LogP contribution in [-0.2, 0) is 12.8 Å². The maximum Gasteiger partial charge on any atom is 0.129 e. The molecule has 2 aromatic carbocycles. The molecule has 0 fully saturated rings. The largest absolute Gasteiger partial charge is 0.207 e. The molecule has 3 rings (SSSR count). The minimum absolute atomic E-state index is 0.230. The van der Waals surface area contributed by atoms with E-state index < -0.39 is 0 Å². The lowest BCUT2D eigenvalue weighted by Crippen LogP contribution is -2.19. The quantitative estimate of drug-likeness (QED) is 0.417. The Morgan fingerprint density at radius 2 is 1.90 bits per heavy atom. The van der Waals surface area contributed by atoms with Crippen molar-refractivity contribution in [2.75, 3.05) is 0 Å².